The summed E-state index contributed by atoms with van der Waals surface area (Å²) >= 11 is 0. The van der Waals surface area contributed by atoms with E-state index in [-0.39, 0.29) is 13.4 Å². The smallest absolute Gasteiger partial charge is 0.310 e. The molecule has 1 saturated heterocycles. The first kappa shape index (κ1) is 28.8. The van der Waals surface area contributed by atoms with Crippen LogP contribution in [0.4, 0.5) is 0 Å². The van der Waals surface area contributed by atoms with Crippen LogP contribution in [0.25, 0.3) is 0 Å². The molecule has 11 heteroatoms. The van der Waals surface area contributed by atoms with Crippen molar-refractivity contribution in [1.82, 2.24) is 0 Å². The standard InChI is InChI=1S/C32H34O11/c1-31(34,17-7-8-21(36-2)22(11-17)37-3)32(35)19-13-24-23(42-15-43-24)12-18(19)27(28-20(32)14-41-30(28)33)16-9-25(38-4)29(40-6)26(10-16)39-5/h7-13,20,27-28,34-35H,14-15H2,1-6H3/t20-,27+,28-,31+,32+/m0/s1. The minimum Gasteiger partial charge on any atom is -0.493 e. The topological polar surface area (TPSA) is 131 Å². The SMILES string of the molecule is COc1ccc([C@@](C)(O)[C@@]2(O)c3cc4c(cc3[C@@H](c3cc(OC)c(OC)c(OC)c3)[C@H]3C(=O)OC[C@@H]32)OCO4)cc1OC. The van der Waals surface area contributed by atoms with Gasteiger partial charge in [-0.2, -0.15) is 0 Å². The van der Waals surface area contributed by atoms with Gasteiger partial charge in [-0.25, -0.2) is 0 Å². The third kappa shape index (κ3) is 4.05. The van der Waals surface area contributed by atoms with Gasteiger partial charge in [0.15, 0.2) is 34.5 Å². The third-order valence-corrected chi connectivity index (χ3v) is 9.03. The molecule has 2 heterocycles. The van der Waals surface area contributed by atoms with Crippen molar-refractivity contribution in [3.63, 3.8) is 0 Å². The number of esters is 1. The van der Waals surface area contributed by atoms with Crippen LogP contribution in [-0.2, 0) is 20.7 Å². The van der Waals surface area contributed by atoms with E-state index in [9.17, 15) is 15.0 Å². The number of fused-ring (bicyclic) bond motifs is 3. The second kappa shape index (κ2) is 10.4. The fourth-order valence-electron chi connectivity index (χ4n) is 6.87. The van der Waals surface area contributed by atoms with Gasteiger partial charge >= 0.3 is 5.97 Å². The maximum absolute atomic E-state index is 13.6. The third-order valence-electron chi connectivity index (χ3n) is 9.03. The van der Waals surface area contributed by atoms with Gasteiger partial charge in [0.1, 0.15) is 11.2 Å². The normalized spacial score (nSPS) is 24.7. The van der Waals surface area contributed by atoms with Crippen molar-refractivity contribution >= 4 is 5.97 Å². The summed E-state index contributed by atoms with van der Waals surface area (Å²) in [5, 5.41) is 25.4. The van der Waals surface area contributed by atoms with Crippen molar-refractivity contribution in [3.05, 3.63) is 64.7 Å². The van der Waals surface area contributed by atoms with Crippen molar-refractivity contribution < 1.29 is 52.9 Å². The number of carbonyl (C=O) groups excluding carboxylic acids is 1. The summed E-state index contributed by atoms with van der Waals surface area (Å²) in [5.74, 6) is -0.0194. The Balaban J connectivity index is 1.63. The first-order valence-electron chi connectivity index (χ1n) is 13.7. The molecule has 6 rings (SSSR count). The van der Waals surface area contributed by atoms with Crippen LogP contribution >= 0.6 is 0 Å². The maximum Gasteiger partial charge on any atom is 0.310 e. The van der Waals surface area contributed by atoms with Gasteiger partial charge in [-0.05, 0) is 65.6 Å². The Morgan fingerprint density at radius 3 is 2.05 bits per heavy atom. The Morgan fingerprint density at radius 2 is 1.44 bits per heavy atom. The number of ether oxygens (including phenoxy) is 8. The van der Waals surface area contributed by atoms with Crippen molar-refractivity contribution in [3.8, 4) is 40.2 Å². The quantitative estimate of drug-likeness (QED) is 0.372. The molecule has 43 heavy (non-hydrogen) atoms. The van der Waals surface area contributed by atoms with Crippen LogP contribution in [0.3, 0.4) is 0 Å². The van der Waals surface area contributed by atoms with Gasteiger partial charge in [-0.1, -0.05) is 6.07 Å². The van der Waals surface area contributed by atoms with Crippen molar-refractivity contribution in [2.24, 2.45) is 11.8 Å². The molecule has 0 radical (unpaired) electrons. The highest BCUT2D eigenvalue weighted by atomic mass is 16.7. The molecule has 0 bridgehead atoms. The van der Waals surface area contributed by atoms with Crippen molar-refractivity contribution in [2.75, 3.05) is 48.9 Å². The molecule has 3 aromatic rings. The second-order valence-corrected chi connectivity index (χ2v) is 10.9. The molecule has 2 N–H and O–H groups in total. The number of cyclic esters (lactones) is 1. The number of methoxy groups -OCH3 is 5. The van der Waals surface area contributed by atoms with Crippen LogP contribution < -0.4 is 33.2 Å². The number of hydrogen-bond donors (Lipinski definition) is 2. The number of hydrogen-bond acceptors (Lipinski definition) is 11. The Morgan fingerprint density at radius 1 is 0.814 bits per heavy atom. The van der Waals surface area contributed by atoms with E-state index in [2.05, 4.69) is 0 Å². The lowest BCUT2D eigenvalue weighted by molar-refractivity contribution is -0.199. The Hall–Kier alpha value is -4.35. The molecule has 0 spiro atoms. The number of aliphatic hydroxyl groups is 2. The highest BCUT2D eigenvalue weighted by Crippen LogP contribution is 2.62. The largest absolute Gasteiger partial charge is 0.493 e. The number of benzene rings is 3. The van der Waals surface area contributed by atoms with Crippen LogP contribution in [0.15, 0.2) is 42.5 Å². The number of rotatable bonds is 8. The van der Waals surface area contributed by atoms with Gasteiger partial charge in [0.05, 0.1) is 48.1 Å². The molecule has 0 amide bonds. The average Bonchev–Trinajstić information content (AvgIpc) is 3.65. The molecule has 0 aromatic heterocycles. The van der Waals surface area contributed by atoms with Gasteiger partial charge in [0, 0.05) is 11.8 Å². The summed E-state index contributed by atoms with van der Waals surface area (Å²) in [6, 6.07) is 11.9. The van der Waals surface area contributed by atoms with Crippen molar-refractivity contribution in [2.45, 2.75) is 24.0 Å². The highest BCUT2D eigenvalue weighted by molar-refractivity contribution is 5.79. The minimum absolute atomic E-state index is 0.00747. The van der Waals surface area contributed by atoms with Crippen LogP contribution in [0.2, 0.25) is 0 Å². The van der Waals surface area contributed by atoms with E-state index < -0.39 is 34.9 Å². The summed E-state index contributed by atoms with van der Waals surface area (Å²) < 4.78 is 44.8. The predicted molar refractivity (Wildman–Crippen MR) is 151 cm³/mol. The van der Waals surface area contributed by atoms with E-state index in [0.29, 0.717) is 62.5 Å². The molecule has 228 valence electrons. The summed E-state index contributed by atoms with van der Waals surface area (Å²) in [5.41, 5.74) is -2.04. The van der Waals surface area contributed by atoms with Crippen LogP contribution in [0.1, 0.15) is 35.1 Å². The Labute approximate surface area is 248 Å². The first-order valence-corrected chi connectivity index (χ1v) is 13.7. The zero-order valence-electron chi connectivity index (χ0n) is 24.8. The van der Waals surface area contributed by atoms with Gasteiger partial charge in [0.2, 0.25) is 12.5 Å². The molecular formula is C32H34O11. The van der Waals surface area contributed by atoms with E-state index in [4.69, 9.17) is 37.9 Å². The highest BCUT2D eigenvalue weighted by Gasteiger charge is 2.65. The Bertz CT molecular complexity index is 1560. The second-order valence-electron chi connectivity index (χ2n) is 10.9. The molecule has 1 fully saturated rings. The minimum atomic E-state index is -2.03. The van der Waals surface area contributed by atoms with Gasteiger partial charge < -0.3 is 48.1 Å². The molecule has 1 aliphatic carbocycles. The van der Waals surface area contributed by atoms with Gasteiger partial charge in [0.25, 0.3) is 0 Å². The zero-order chi connectivity index (χ0) is 30.7. The summed E-state index contributed by atoms with van der Waals surface area (Å²) in [4.78, 5) is 13.6. The molecule has 11 nitrogen and oxygen atoms in total. The van der Waals surface area contributed by atoms with Crippen LogP contribution in [0.5, 0.6) is 40.2 Å². The molecule has 0 unspecified atom stereocenters. The fraction of sp³-hybridized carbons (Fsp3) is 0.406. The van der Waals surface area contributed by atoms with Gasteiger partial charge in [-0.3, -0.25) is 4.79 Å². The molecule has 0 saturated carbocycles. The summed E-state index contributed by atoms with van der Waals surface area (Å²) in [6.07, 6.45) is 0. The maximum atomic E-state index is 13.6. The average molecular weight is 595 g/mol. The molecule has 3 aliphatic rings. The molecular weight excluding hydrogens is 560 g/mol. The zero-order valence-corrected chi connectivity index (χ0v) is 24.8. The summed E-state index contributed by atoms with van der Waals surface area (Å²) in [7, 11) is 7.54. The van der Waals surface area contributed by atoms with E-state index in [1.165, 1.54) is 42.5 Å². The van der Waals surface area contributed by atoms with E-state index in [0.717, 1.165) is 0 Å². The van der Waals surface area contributed by atoms with Crippen LogP contribution in [0, 0.1) is 11.8 Å². The Kier molecular flexibility index (Phi) is 6.97. The lowest BCUT2D eigenvalue weighted by Crippen LogP contribution is -2.58. The monoisotopic (exact) mass is 594 g/mol. The number of carbonyl (C=O) groups is 1. The van der Waals surface area contributed by atoms with E-state index >= 15 is 0 Å². The van der Waals surface area contributed by atoms with E-state index in [1.54, 1.807) is 42.5 Å². The molecule has 5 atom stereocenters. The van der Waals surface area contributed by atoms with Crippen molar-refractivity contribution in [1.29, 1.82) is 0 Å². The first-order chi connectivity index (χ1) is 20.6. The van der Waals surface area contributed by atoms with Crippen LogP contribution in [-0.4, -0.2) is 65.1 Å². The molecule has 3 aromatic carbocycles. The lowest BCUT2D eigenvalue weighted by atomic mass is 9.55. The summed E-state index contributed by atoms with van der Waals surface area (Å²) in [6.45, 7) is 1.38. The fourth-order valence-corrected chi connectivity index (χ4v) is 6.87. The molecule has 2 aliphatic heterocycles. The van der Waals surface area contributed by atoms with E-state index in [1.807, 2.05) is 0 Å². The van der Waals surface area contributed by atoms with Gasteiger partial charge in [-0.15, -0.1) is 0 Å². The predicted octanol–water partition coefficient (Wildman–Crippen LogP) is 3.49. The lowest BCUT2D eigenvalue weighted by Gasteiger charge is -2.51.